The van der Waals surface area contributed by atoms with Crippen molar-refractivity contribution in [3.8, 4) is 11.4 Å². The zero-order valence-corrected chi connectivity index (χ0v) is 12.5. The Morgan fingerprint density at radius 1 is 1.30 bits per heavy atom. The molecule has 0 bridgehead atoms. The first-order chi connectivity index (χ1) is 9.38. The average Bonchev–Trinajstić information content (AvgIpc) is 2.38. The van der Waals surface area contributed by atoms with Crippen LogP contribution in [0.15, 0.2) is 29.1 Å². The summed E-state index contributed by atoms with van der Waals surface area (Å²) in [6.07, 6.45) is -0.746. The molecule has 1 atom stereocenters. The van der Waals surface area contributed by atoms with Crippen LogP contribution in [0.25, 0.3) is 11.4 Å². The lowest BCUT2D eigenvalue weighted by molar-refractivity contribution is 0.483. The molecular weight excluding hydrogens is 323 g/mol. The van der Waals surface area contributed by atoms with Crippen LogP contribution < -0.4 is 10.9 Å². The second-order valence-corrected chi connectivity index (χ2v) is 6.77. The number of halogens is 3. The number of hydrogen-bond donors (Lipinski definition) is 1. The quantitative estimate of drug-likeness (QED) is 0.754. The molecule has 0 spiro atoms. The van der Waals surface area contributed by atoms with Crippen molar-refractivity contribution in [2.75, 3.05) is 5.32 Å². The molecule has 1 aliphatic rings. The highest BCUT2D eigenvalue weighted by atomic mass is 35.6. The first-order valence-corrected chi connectivity index (χ1v) is 6.91. The second kappa shape index (κ2) is 4.62. The van der Waals surface area contributed by atoms with E-state index in [0.29, 0.717) is 5.82 Å². The molecule has 0 saturated carbocycles. The zero-order chi connectivity index (χ0) is 14.5. The molecule has 5 nitrogen and oxygen atoms in total. The molecule has 1 N–H and O–H groups in total. The molecule has 1 aromatic heterocycles. The van der Waals surface area contributed by atoms with Crippen LogP contribution >= 0.6 is 34.8 Å². The number of anilines is 1. The van der Waals surface area contributed by atoms with Gasteiger partial charge in [0.15, 0.2) is 12.0 Å². The van der Waals surface area contributed by atoms with Gasteiger partial charge in [0, 0.05) is 11.3 Å². The van der Waals surface area contributed by atoms with Gasteiger partial charge < -0.3 is 5.32 Å². The van der Waals surface area contributed by atoms with E-state index in [-0.39, 0.29) is 5.69 Å². The molecule has 20 heavy (non-hydrogen) atoms. The normalized spacial score (nSPS) is 17.1. The number of alkyl halides is 3. The molecule has 0 fully saturated rings. The van der Waals surface area contributed by atoms with E-state index in [2.05, 4.69) is 15.4 Å². The maximum Gasteiger partial charge on any atom is 0.294 e. The van der Waals surface area contributed by atoms with Crippen molar-refractivity contribution < 1.29 is 0 Å². The first-order valence-electron chi connectivity index (χ1n) is 5.78. The molecule has 0 aliphatic carbocycles. The van der Waals surface area contributed by atoms with Crippen molar-refractivity contribution in [1.82, 2.24) is 14.8 Å². The molecule has 0 amide bonds. The van der Waals surface area contributed by atoms with E-state index in [9.17, 15) is 4.79 Å². The average molecular weight is 332 g/mol. The third kappa shape index (κ3) is 2.16. The number of para-hydroxylation sites is 1. The minimum Gasteiger partial charge on any atom is -0.360 e. The molecule has 1 unspecified atom stereocenters. The number of benzene rings is 1. The molecule has 8 heteroatoms. The Hall–Kier alpha value is -1.30. The largest absolute Gasteiger partial charge is 0.360 e. The Balaban J connectivity index is 2.32. The SMILES string of the molecule is Cc1nn2c(nc1=O)-c1ccccc1NC2C(Cl)(Cl)Cl. The van der Waals surface area contributed by atoms with Crippen LogP contribution in [0, 0.1) is 6.92 Å². The van der Waals surface area contributed by atoms with Gasteiger partial charge >= 0.3 is 0 Å². The summed E-state index contributed by atoms with van der Waals surface area (Å²) < 4.78 is -0.204. The Labute approximate surface area is 129 Å². The van der Waals surface area contributed by atoms with Gasteiger partial charge in [-0.25, -0.2) is 4.68 Å². The minimum atomic E-state index is -1.64. The van der Waals surface area contributed by atoms with E-state index in [1.807, 2.05) is 24.3 Å². The van der Waals surface area contributed by atoms with E-state index in [1.165, 1.54) is 4.68 Å². The lowest BCUT2D eigenvalue weighted by atomic mass is 10.1. The van der Waals surface area contributed by atoms with Crippen LogP contribution in [0.1, 0.15) is 11.9 Å². The molecule has 104 valence electrons. The summed E-state index contributed by atoms with van der Waals surface area (Å²) in [5.41, 5.74) is 1.33. The number of nitrogens with zero attached hydrogens (tertiary/aromatic N) is 3. The van der Waals surface area contributed by atoms with Crippen molar-refractivity contribution in [2.45, 2.75) is 16.9 Å². The number of fused-ring (bicyclic) bond motifs is 3. The van der Waals surface area contributed by atoms with Crippen molar-refractivity contribution in [3.63, 3.8) is 0 Å². The predicted octanol–water partition coefficient (Wildman–Crippen LogP) is 2.91. The van der Waals surface area contributed by atoms with Gasteiger partial charge in [0.2, 0.25) is 3.79 Å². The maximum absolute atomic E-state index is 11.8. The molecule has 1 aromatic carbocycles. The van der Waals surface area contributed by atoms with Gasteiger partial charge in [-0.2, -0.15) is 10.1 Å². The fourth-order valence-electron chi connectivity index (χ4n) is 2.08. The van der Waals surface area contributed by atoms with Gasteiger partial charge in [-0.3, -0.25) is 4.79 Å². The summed E-state index contributed by atoms with van der Waals surface area (Å²) in [6.45, 7) is 1.57. The molecule has 1 aliphatic heterocycles. The first kappa shape index (κ1) is 13.7. The fourth-order valence-corrected chi connectivity index (χ4v) is 2.52. The van der Waals surface area contributed by atoms with Gasteiger partial charge in [-0.1, -0.05) is 46.9 Å². The Kier molecular flexibility index (Phi) is 3.16. The van der Waals surface area contributed by atoms with Crippen LogP contribution in [0.2, 0.25) is 0 Å². The Morgan fingerprint density at radius 2 is 2.00 bits per heavy atom. The number of hydrogen-bond acceptors (Lipinski definition) is 4. The minimum absolute atomic E-state index is 0.245. The van der Waals surface area contributed by atoms with Gasteiger partial charge in [-0.05, 0) is 19.1 Å². The summed E-state index contributed by atoms with van der Waals surface area (Å²) >= 11 is 18.0. The number of rotatable bonds is 0. The van der Waals surface area contributed by atoms with Gasteiger partial charge in [0.1, 0.15) is 5.69 Å². The van der Waals surface area contributed by atoms with E-state index in [1.54, 1.807) is 6.92 Å². The summed E-state index contributed by atoms with van der Waals surface area (Å²) in [4.78, 5) is 15.8. The lowest BCUT2D eigenvalue weighted by Crippen LogP contribution is -2.38. The van der Waals surface area contributed by atoms with Crippen LogP contribution in [0.4, 0.5) is 5.69 Å². The Morgan fingerprint density at radius 3 is 2.70 bits per heavy atom. The number of nitrogens with one attached hydrogen (secondary N) is 1. The highest BCUT2D eigenvalue weighted by Crippen LogP contribution is 2.44. The van der Waals surface area contributed by atoms with Crippen molar-refractivity contribution in [1.29, 1.82) is 0 Å². The highest BCUT2D eigenvalue weighted by molar-refractivity contribution is 6.68. The molecule has 2 heterocycles. The monoisotopic (exact) mass is 330 g/mol. The van der Waals surface area contributed by atoms with Crippen LogP contribution in [0.3, 0.4) is 0 Å². The number of aryl methyl sites for hydroxylation is 1. The zero-order valence-electron chi connectivity index (χ0n) is 10.3. The third-order valence-corrected chi connectivity index (χ3v) is 3.63. The van der Waals surface area contributed by atoms with E-state index >= 15 is 0 Å². The molecular formula is C12H9Cl3N4O. The molecule has 3 rings (SSSR count). The smallest absolute Gasteiger partial charge is 0.294 e. The molecule has 0 saturated heterocycles. The fraction of sp³-hybridized carbons (Fsp3) is 0.250. The Bertz CT molecular complexity index is 738. The summed E-state index contributed by atoms with van der Waals surface area (Å²) in [7, 11) is 0. The summed E-state index contributed by atoms with van der Waals surface area (Å²) in [5.74, 6) is 0.381. The van der Waals surface area contributed by atoms with Crippen molar-refractivity contribution >= 4 is 40.5 Å². The van der Waals surface area contributed by atoms with E-state index in [0.717, 1.165) is 11.3 Å². The predicted molar refractivity (Wildman–Crippen MR) is 79.4 cm³/mol. The third-order valence-electron chi connectivity index (χ3n) is 3.01. The highest BCUT2D eigenvalue weighted by Gasteiger charge is 2.39. The van der Waals surface area contributed by atoms with E-state index < -0.39 is 15.5 Å². The lowest BCUT2D eigenvalue weighted by Gasteiger charge is -2.33. The standard InChI is InChI=1S/C12H9Cl3N4O/c1-6-10(20)17-9-7-4-2-3-5-8(7)16-11(12(13,14)15)19(9)18-6/h2-5,11,16H,1H3. The van der Waals surface area contributed by atoms with Crippen molar-refractivity contribution in [2.24, 2.45) is 0 Å². The molecule has 2 aromatic rings. The van der Waals surface area contributed by atoms with Crippen LogP contribution in [-0.4, -0.2) is 18.6 Å². The molecule has 0 radical (unpaired) electrons. The topological polar surface area (TPSA) is 59.8 Å². The van der Waals surface area contributed by atoms with E-state index in [4.69, 9.17) is 34.8 Å². The maximum atomic E-state index is 11.8. The summed E-state index contributed by atoms with van der Waals surface area (Å²) in [5, 5.41) is 7.29. The summed E-state index contributed by atoms with van der Waals surface area (Å²) in [6, 6.07) is 7.34. The second-order valence-electron chi connectivity index (χ2n) is 4.40. The van der Waals surface area contributed by atoms with Gasteiger partial charge in [0.25, 0.3) is 5.56 Å². The van der Waals surface area contributed by atoms with Crippen molar-refractivity contribution in [3.05, 3.63) is 40.3 Å². The van der Waals surface area contributed by atoms with Crippen LogP contribution in [-0.2, 0) is 0 Å². The van der Waals surface area contributed by atoms with Crippen LogP contribution in [0.5, 0.6) is 0 Å². The number of aromatic nitrogens is 3. The van der Waals surface area contributed by atoms with Gasteiger partial charge in [0.05, 0.1) is 0 Å². The van der Waals surface area contributed by atoms with Gasteiger partial charge in [-0.15, -0.1) is 0 Å².